The number of furan rings is 1. The second kappa shape index (κ2) is 10.3. The van der Waals surface area contributed by atoms with Gasteiger partial charge in [-0.15, -0.1) is 0 Å². The van der Waals surface area contributed by atoms with Crippen LogP contribution in [-0.2, 0) is 0 Å². The summed E-state index contributed by atoms with van der Waals surface area (Å²) >= 11 is 5.84. The number of hydrogen-bond donors (Lipinski definition) is 1. The Hall–Kier alpha value is -4.04. The third-order valence-electron chi connectivity index (χ3n) is 6.11. The van der Waals surface area contributed by atoms with Crippen molar-refractivity contribution >= 4 is 23.0 Å². The largest absolute Gasteiger partial charge is 0.497 e. The van der Waals surface area contributed by atoms with Gasteiger partial charge in [0.25, 0.3) is 0 Å². The van der Waals surface area contributed by atoms with Gasteiger partial charge in [0.15, 0.2) is 5.11 Å². The Morgan fingerprint density at radius 1 is 0.972 bits per heavy atom. The zero-order valence-electron chi connectivity index (χ0n) is 20.3. The molecule has 4 aromatic rings. The summed E-state index contributed by atoms with van der Waals surface area (Å²) in [5.41, 5.74) is 2.59. The molecule has 3 heterocycles. The van der Waals surface area contributed by atoms with E-state index >= 15 is 0 Å². The molecule has 0 unspecified atom stereocenters. The van der Waals surface area contributed by atoms with Crippen molar-refractivity contribution in [2.75, 3.05) is 25.7 Å². The molecule has 5 rings (SSSR count). The fourth-order valence-corrected chi connectivity index (χ4v) is 4.78. The first kappa shape index (κ1) is 23.7. The zero-order valence-corrected chi connectivity index (χ0v) is 21.1. The summed E-state index contributed by atoms with van der Waals surface area (Å²) in [4.78, 5) is 6.62. The van der Waals surface area contributed by atoms with Crippen LogP contribution in [0.2, 0.25) is 0 Å². The fourth-order valence-electron chi connectivity index (χ4n) is 4.44. The average molecular weight is 502 g/mol. The number of nitrogens with zero attached hydrogens (tertiary/aromatic N) is 2. The van der Waals surface area contributed by atoms with E-state index in [0.29, 0.717) is 23.2 Å². The number of benzene rings is 2. The maximum absolute atomic E-state index is 6.45. The van der Waals surface area contributed by atoms with Crippen molar-refractivity contribution in [3.05, 3.63) is 90.4 Å². The lowest BCUT2D eigenvalue weighted by molar-refractivity contribution is 0.340. The van der Waals surface area contributed by atoms with E-state index in [4.69, 9.17) is 30.8 Å². The molecule has 1 aliphatic heterocycles. The van der Waals surface area contributed by atoms with Gasteiger partial charge < -0.3 is 28.8 Å². The van der Waals surface area contributed by atoms with Gasteiger partial charge in [0, 0.05) is 17.8 Å². The Labute approximate surface area is 215 Å². The van der Waals surface area contributed by atoms with E-state index in [9.17, 15) is 0 Å². The van der Waals surface area contributed by atoms with Crippen LogP contribution < -0.4 is 24.4 Å². The first-order chi connectivity index (χ1) is 17.6. The summed E-state index contributed by atoms with van der Waals surface area (Å²) in [6, 6.07) is 22.8. The van der Waals surface area contributed by atoms with Gasteiger partial charge in [-0.2, -0.15) is 0 Å². The number of thiocarbonyl (C=S) groups is 1. The van der Waals surface area contributed by atoms with Crippen LogP contribution in [0.25, 0.3) is 11.3 Å². The molecule has 0 aliphatic carbocycles. The lowest BCUT2D eigenvalue weighted by Gasteiger charge is -2.27. The fraction of sp³-hybridized carbons (Fsp3) is 0.214. The molecule has 1 aliphatic rings. The summed E-state index contributed by atoms with van der Waals surface area (Å²) in [6.07, 6.45) is 1.78. The van der Waals surface area contributed by atoms with E-state index in [0.717, 1.165) is 34.2 Å². The van der Waals surface area contributed by atoms with Crippen molar-refractivity contribution in [1.82, 2.24) is 10.3 Å². The number of pyridine rings is 1. The Morgan fingerprint density at radius 3 is 2.47 bits per heavy atom. The normalized spacial score (nSPS) is 17.1. The quantitative estimate of drug-likeness (QED) is 0.298. The molecule has 0 saturated carbocycles. The van der Waals surface area contributed by atoms with Crippen LogP contribution in [0.3, 0.4) is 0 Å². The van der Waals surface area contributed by atoms with E-state index in [1.54, 1.807) is 20.4 Å². The van der Waals surface area contributed by atoms with Crippen LogP contribution in [-0.4, -0.2) is 30.9 Å². The molecular formula is C28H27N3O4S. The highest BCUT2D eigenvalue weighted by molar-refractivity contribution is 7.80. The van der Waals surface area contributed by atoms with Gasteiger partial charge in [-0.05, 0) is 79.8 Å². The van der Waals surface area contributed by atoms with Crippen molar-refractivity contribution in [3.63, 3.8) is 0 Å². The summed E-state index contributed by atoms with van der Waals surface area (Å²) in [5.74, 6) is 3.69. The summed E-state index contributed by atoms with van der Waals surface area (Å²) in [5, 5.41) is 3.99. The molecule has 2 aromatic heterocycles. The molecule has 0 radical (unpaired) electrons. The third-order valence-corrected chi connectivity index (χ3v) is 6.43. The molecule has 1 fully saturated rings. The minimum Gasteiger partial charge on any atom is -0.497 e. The Morgan fingerprint density at radius 2 is 1.78 bits per heavy atom. The van der Waals surface area contributed by atoms with Gasteiger partial charge in [-0.25, -0.2) is 0 Å². The van der Waals surface area contributed by atoms with Crippen LogP contribution in [0.1, 0.15) is 30.5 Å². The number of methoxy groups -OCH3 is 2. The lowest BCUT2D eigenvalue weighted by atomic mass is 10.0. The van der Waals surface area contributed by atoms with Crippen molar-refractivity contribution in [2.45, 2.75) is 19.0 Å². The minimum absolute atomic E-state index is 0.242. The average Bonchev–Trinajstić information content (AvgIpc) is 3.54. The zero-order chi connectivity index (χ0) is 25.1. The molecule has 0 bridgehead atoms. The maximum atomic E-state index is 6.45. The molecule has 0 spiro atoms. The SMILES string of the molecule is CCOc1ccc(-c2ccc([C@@H]3[C@@H](c4ccccn4)NC(=S)N3c3cc(OC)ccc3OC)o2)cc1. The van der Waals surface area contributed by atoms with Gasteiger partial charge >= 0.3 is 0 Å². The summed E-state index contributed by atoms with van der Waals surface area (Å²) in [6.45, 7) is 2.59. The van der Waals surface area contributed by atoms with Crippen molar-refractivity contribution in [1.29, 1.82) is 0 Å². The third kappa shape index (κ3) is 4.47. The van der Waals surface area contributed by atoms with Gasteiger partial charge in [0.2, 0.25) is 0 Å². The number of nitrogens with one attached hydrogen (secondary N) is 1. The molecule has 1 N–H and O–H groups in total. The molecule has 0 amide bonds. The maximum Gasteiger partial charge on any atom is 0.174 e. The summed E-state index contributed by atoms with van der Waals surface area (Å²) < 4.78 is 23.2. The van der Waals surface area contributed by atoms with Crippen LogP contribution in [0.5, 0.6) is 17.2 Å². The van der Waals surface area contributed by atoms with Crippen molar-refractivity contribution in [2.24, 2.45) is 0 Å². The van der Waals surface area contributed by atoms with Gasteiger partial charge in [0.1, 0.15) is 34.8 Å². The molecule has 2 aromatic carbocycles. The highest BCUT2D eigenvalue weighted by atomic mass is 32.1. The smallest absolute Gasteiger partial charge is 0.174 e. The molecule has 7 nitrogen and oxygen atoms in total. The van der Waals surface area contributed by atoms with E-state index in [2.05, 4.69) is 10.3 Å². The Balaban J connectivity index is 1.59. The highest BCUT2D eigenvalue weighted by Crippen LogP contribution is 2.46. The molecule has 2 atom stereocenters. The highest BCUT2D eigenvalue weighted by Gasteiger charge is 2.43. The minimum atomic E-state index is -0.315. The van der Waals surface area contributed by atoms with E-state index in [1.165, 1.54) is 0 Å². The second-order valence-electron chi connectivity index (χ2n) is 8.19. The molecule has 8 heteroatoms. The van der Waals surface area contributed by atoms with Crippen LogP contribution >= 0.6 is 12.2 Å². The molecular weight excluding hydrogens is 474 g/mol. The monoisotopic (exact) mass is 501 g/mol. The van der Waals surface area contributed by atoms with Gasteiger partial charge in [-0.3, -0.25) is 4.98 Å². The van der Waals surface area contributed by atoms with Crippen molar-refractivity contribution < 1.29 is 18.6 Å². The topological polar surface area (TPSA) is 69.0 Å². The number of aromatic nitrogens is 1. The first-order valence-corrected chi connectivity index (χ1v) is 12.1. The van der Waals surface area contributed by atoms with Crippen LogP contribution in [0.15, 0.2) is 83.4 Å². The van der Waals surface area contributed by atoms with E-state index in [-0.39, 0.29) is 12.1 Å². The molecule has 36 heavy (non-hydrogen) atoms. The number of rotatable bonds is 8. The number of ether oxygens (including phenoxy) is 3. The number of hydrogen-bond acceptors (Lipinski definition) is 6. The van der Waals surface area contributed by atoms with Crippen molar-refractivity contribution in [3.8, 4) is 28.6 Å². The predicted octanol–water partition coefficient (Wildman–Crippen LogP) is 5.93. The van der Waals surface area contributed by atoms with Crippen LogP contribution in [0, 0.1) is 0 Å². The molecule has 184 valence electrons. The Bertz CT molecular complexity index is 1340. The van der Waals surface area contributed by atoms with E-state index in [1.807, 2.05) is 84.6 Å². The number of anilines is 1. The van der Waals surface area contributed by atoms with Gasteiger partial charge in [-0.1, -0.05) is 6.07 Å². The van der Waals surface area contributed by atoms with Gasteiger partial charge in [0.05, 0.1) is 38.2 Å². The predicted molar refractivity (Wildman–Crippen MR) is 143 cm³/mol. The second-order valence-corrected chi connectivity index (χ2v) is 8.58. The lowest BCUT2D eigenvalue weighted by Crippen LogP contribution is -2.29. The Kier molecular flexibility index (Phi) is 6.77. The van der Waals surface area contributed by atoms with Crippen LogP contribution in [0.4, 0.5) is 5.69 Å². The molecule has 1 saturated heterocycles. The summed E-state index contributed by atoms with van der Waals surface area (Å²) in [7, 11) is 3.27. The van der Waals surface area contributed by atoms with E-state index < -0.39 is 0 Å². The standard InChI is InChI=1S/C28H27N3O4S/c1-4-34-19-10-8-18(9-11-19)23-14-15-25(35-23)27-26(21-7-5-6-16-29-21)30-28(36)31(27)22-17-20(32-2)12-13-24(22)33-3/h5-17,26-27H,4H2,1-3H3,(H,30,36)/t26-,27-/m1/s1. The first-order valence-electron chi connectivity index (χ1n) is 11.7.